The first-order chi connectivity index (χ1) is 15.3. The lowest BCUT2D eigenvalue weighted by Gasteiger charge is -2.12. The molecule has 4 rings (SSSR count). The normalized spacial score (nSPS) is 11.5. The SMILES string of the molecule is COc1cc(Cc2cccc(Cc3cccc(C(F)(F)F)c3)n2)ccc1-n1cnc(C)c1. The number of hydrogen-bond donors (Lipinski definition) is 0. The van der Waals surface area contributed by atoms with Crippen molar-refractivity contribution in [3.8, 4) is 11.4 Å². The molecule has 0 aliphatic carbocycles. The molecule has 0 aliphatic heterocycles. The fourth-order valence-electron chi connectivity index (χ4n) is 3.60. The summed E-state index contributed by atoms with van der Waals surface area (Å²) in [6.45, 7) is 1.93. The van der Waals surface area contributed by atoms with Gasteiger partial charge in [0.15, 0.2) is 0 Å². The Bertz CT molecular complexity index is 1230. The van der Waals surface area contributed by atoms with E-state index in [9.17, 15) is 13.2 Å². The number of hydrogen-bond acceptors (Lipinski definition) is 3. The van der Waals surface area contributed by atoms with Crippen LogP contribution in [0.2, 0.25) is 0 Å². The van der Waals surface area contributed by atoms with Gasteiger partial charge in [0.25, 0.3) is 0 Å². The summed E-state index contributed by atoms with van der Waals surface area (Å²) in [4.78, 5) is 8.91. The highest BCUT2D eigenvalue weighted by molar-refractivity contribution is 5.49. The van der Waals surface area contributed by atoms with E-state index in [0.717, 1.165) is 40.1 Å². The molecule has 0 radical (unpaired) electrons. The van der Waals surface area contributed by atoms with Crippen LogP contribution in [0.25, 0.3) is 5.69 Å². The molecule has 164 valence electrons. The van der Waals surface area contributed by atoms with E-state index >= 15 is 0 Å². The van der Waals surface area contributed by atoms with Gasteiger partial charge in [0, 0.05) is 30.4 Å². The Balaban J connectivity index is 1.53. The molecule has 0 unspecified atom stereocenters. The van der Waals surface area contributed by atoms with Crippen LogP contribution in [0.1, 0.15) is 33.8 Å². The fourth-order valence-corrected chi connectivity index (χ4v) is 3.60. The molecule has 0 aliphatic rings. The third-order valence-corrected chi connectivity index (χ3v) is 5.12. The Kier molecular flexibility index (Phi) is 5.99. The van der Waals surface area contributed by atoms with Gasteiger partial charge in [-0.3, -0.25) is 4.98 Å². The standard InChI is InChI=1S/C25H22F3N3O/c1-17-15-31(16-29-17)23-10-9-19(14-24(23)32-2)13-22-8-4-7-21(30-22)12-18-5-3-6-20(11-18)25(26,27)28/h3-11,14-16H,12-13H2,1-2H3. The zero-order chi connectivity index (χ0) is 22.7. The fraction of sp³-hybridized carbons (Fsp3) is 0.200. The molecule has 0 bridgehead atoms. The van der Waals surface area contributed by atoms with Gasteiger partial charge in [-0.1, -0.05) is 30.3 Å². The van der Waals surface area contributed by atoms with Crippen LogP contribution in [-0.4, -0.2) is 21.6 Å². The molecule has 0 fully saturated rings. The van der Waals surface area contributed by atoms with Gasteiger partial charge in [-0.25, -0.2) is 4.98 Å². The van der Waals surface area contributed by atoms with Crippen molar-refractivity contribution >= 4 is 0 Å². The molecule has 2 aromatic carbocycles. The van der Waals surface area contributed by atoms with Gasteiger partial charge >= 0.3 is 6.18 Å². The van der Waals surface area contributed by atoms with Crippen LogP contribution < -0.4 is 4.74 Å². The molecule has 32 heavy (non-hydrogen) atoms. The number of aromatic nitrogens is 3. The number of aryl methyl sites for hydroxylation is 1. The maximum Gasteiger partial charge on any atom is 0.416 e. The number of benzene rings is 2. The highest BCUT2D eigenvalue weighted by atomic mass is 19.4. The quantitative estimate of drug-likeness (QED) is 0.384. The molecule has 4 nitrogen and oxygen atoms in total. The summed E-state index contributed by atoms with van der Waals surface area (Å²) in [6, 6.07) is 16.9. The summed E-state index contributed by atoms with van der Waals surface area (Å²) < 4.78 is 46.4. The summed E-state index contributed by atoms with van der Waals surface area (Å²) in [6.07, 6.45) is 0.226. The minimum Gasteiger partial charge on any atom is -0.495 e. The number of halogens is 3. The number of methoxy groups -OCH3 is 1. The molecule has 7 heteroatoms. The zero-order valence-electron chi connectivity index (χ0n) is 17.7. The summed E-state index contributed by atoms with van der Waals surface area (Å²) >= 11 is 0. The van der Waals surface area contributed by atoms with Crippen LogP contribution in [0.3, 0.4) is 0 Å². The van der Waals surface area contributed by atoms with E-state index in [1.807, 2.05) is 54.1 Å². The van der Waals surface area contributed by atoms with Crippen molar-refractivity contribution in [1.82, 2.24) is 14.5 Å². The average Bonchev–Trinajstić information content (AvgIpc) is 3.19. The molecule has 0 amide bonds. The molecule has 0 atom stereocenters. The number of alkyl halides is 3. The summed E-state index contributed by atoms with van der Waals surface area (Å²) in [5, 5.41) is 0. The van der Waals surface area contributed by atoms with E-state index in [-0.39, 0.29) is 0 Å². The van der Waals surface area contributed by atoms with Gasteiger partial charge in [-0.15, -0.1) is 0 Å². The number of imidazole rings is 1. The average molecular weight is 437 g/mol. The molecule has 2 aromatic heterocycles. The maximum absolute atomic E-state index is 13.0. The lowest BCUT2D eigenvalue weighted by Crippen LogP contribution is -2.05. The molecule has 0 N–H and O–H groups in total. The van der Waals surface area contributed by atoms with Gasteiger partial charge in [-0.2, -0.15) is 13.2 Å². The highest BCUT2D eigenvalue weighted by Crippen LogP contribution is 2.30. The molecule has 0 saturated heterocycles. The zero-order valence-corrected chi connectivity index (χ0v) is 17.7. The third-order valence-electron chi connectivity index (χ3n) is 5.12. The van der Waals surface area contributed by atoms with Gasteiger partial charge in [0.05, 0.1) is 30.4 Å². The van der Waals surface area contributed by atoms with Crippen molar-refractivity contribution in [2.75, 3.05) is 7.11 Å². The summed E-state index contributed by atoms with van der Waals surface area (Å²) in [5.74, 6) is 0.722. The van der Waals surface area contributed by atoms with Crippen molar-refractivity contribution in [2.24, 2.45) is 0 Å². The summed E-state index contributed by atoms with van der Waals surface area (Å²) in [5.41, 5.74) is 4.31. The predicted molar refractivity (Wildman–Crippen MR) is 116 cm³/mol. The lowest BCUT2D eigenvalue weighted by atomic mass is 10.0. The van der Waals surface area contributed by atoms with E-state index in [0.29, 0.717) is 18.4 Å². The van der Waals surface area contributed by atoms with Crippen molar-refractivity contribution in [2.45, 2.75) is 25.9 Å². The largest absolute Gasteiger partial charge is 0.495 e. The van der Waals surface area contributed by atoms with Crippen LogP contribution in [0, 0.1) is 6.92 Å². The van der Waals surface area contributed by atoms with E-state index in [1.165, 1.54) is 12.1 Å². The van der Waals surface area contributed by atoms with Crippen LogP contribution in [0.4, 0.5) is 13.2 Å². The number of pyridine rings is 1. The Morgan fingerprint density at radius 1 is 0.906 bits per heavy atom. The third kappa shape index (κ3) is 4.99. The Morgan fingerprint density at radius 3 is 2.22 bits per heavy atom. The first-order valence-corrected chi connectivity index (χ1v) is 10.1. The van der Waals surface area contributed by atoms with Crippen molar-refractivity contribution in [3.63, 3.8) is 0 Å². The van der Waals surface area contributed by atoms with Gasteiger partial charge in [0.2, 0.25) is 0 Å². The van der Waals surface area contributed by atoms with Gasteiger partial charge in [0.1, 0.15) is 5.75 Å². The maximum atomic E-state index is 13.0. The molecular weight excluding hydrogens is 415 g/mol. The van der Waals surface area contributed by atoms with E-state index in [2.05, 4.69) is 9.97 Å². The van der Waals surface area contributed by atoms with Gasteiger partial charge < -0.3 is 9.30 Å². The lowest BCUT2D eigenvalue weighted by molar-refractivity contribution is -0.137. The molecule has 0 spiro atoms. The van der Waals surface area contributed by atoms with Crippen LogP contribution in [0.15, 0.2) is 73.2 Å². The minimum atomic E-state index is -4.36. The Hall–Kier alpha value is -3.61. The van der Waals surface area contributed by atoms with Crippen LogP contribution in [-0.2, 0) is 19.0 Å². The van der Waals surface area contributed by atoms with Crippen molar-refractivity contribution < 1.29 is 17.9 Å². The topological polar surface area (TPSA) is 39.9 Å². The highest BCUT2D eigenvalue weighted by Gasteiger charge is 2.30. The first-order valence-electron chi connectivity index (χ1n) is 10.1. The first kappa shape index (κ1) is 21.6. The van der Waals surface area contributed by atoms with Crippen LogP contribution >= 0.6 is 0 Å². The van der Waals surface area contributed by atoms with Crippen molar-refractivity contribution in [3.05, 3.63) is 107 Å². The van der Waals surface area contributed by atoms with Gasteiger partial charge in [-0.05, 0) is 48.4 Å². The molecule has 4 aromatic rings. The number of ether oxygens (including phenoxy) is 1. The Morgan fingerprint density at radius 2 is 1.59 bits per heavy atom. The van der Waals surface area contributed by atoms with E-state index in [4.69, 9.17) is 4.74 Å². The van der Waals surface area contributed by atoms with E-state index in [1.54, 1.807) is 19.5 Å². The van der Waals surface area contributed by atoms with Crippen LogP contribution in [0.5, 0.6) is 5.75 Å². The van der Waals surface area contributed by atoms with Crippen molar-refractivity contribution in [1.29, 1.82) is 0 Å². The number of nitrogens with zero attached hydrogens (tertiary/aromatic N) is 3. The predicted octanol–water partition coefficient (Wildman–Crippen LogP) is 5.78. The number of rotatable bonds is 6. The minimum absolute atomic E-state index is 0.333. The second-order valence-corrected chi connectivity index (χ2v) is 7.60. The monoisotopic (exact) mass is 437 g/mol. The second kappa shape index (κ2) is 8.86. The smallest absolute Gasteiger partial charge is 0.416 e. The van der Waals surface area contributed by atoms with E-state index < -0.39 is 11.7 Å². The molecule has 2 heterocycles. The summed E-state index contributed by atoms with van der Waals surface area (Å²) in [7, 11) is 1.63. The second-order valence-electron chi connectivity index (χ2n) is 7.60. The molecular formula is C25H22F3N3O. The Labute approximate surface area is 184 Å². The molecule has 0 saturated carbocycles.